The number of carbonyl (C=O) groups is 2. The SMILES string of the molecule is CCCOC(=O)C1CSC(c2cccc(Cl)c2)N1C(=O)c1ccccc1Cl. The molecule has 2 aromatic carbocycles. The third kappa shape index (κ3) is 4.42. The average Bonchev–Trinajstić information content (AvgIpc) is 3.11. The molecule has 27 heavy (non-hydrogen) atoms. The van der Waals surface area contributed by atoms with Crippen molar-refractivity contribution in [3.05, 3.63) is 69.7 Å². The lowest BCUT2D eigenvalue weighted by Gasteiger charge is -2.29. The lowest BCUT2D eigenvalue weighted by molar-refractivity contribution is -0.148. The summed E-state index contributed by atoms with van der Waals surface area (Å²) in [5, 5.41) is 0.590. The first kappa shape index (κ1) is 20.1. The molecular formula is C20H19Cl2NO3S. The Bertz CT molecular complexity index is 845. The molecule has 1 aliphatic heterocycles. The van der Waals surface area contributed by atoms with E-state index in [0.717, 1.165) is 12.0 Å². The zero-order chi connectivity index (χ0) is 19.4. The fourth-order valence-corrected chi connectivity index (χ4v) is 4.74. The Morgan fingerprint density at radius 1 is 1.19 bits per heavy atom. The predicted molar refractivity (Wildman–Crippen MR) is 109 cm³/mol. The molecule has 7 heteroatoms. The normalized spacial score (nSPS) is 19.1. The number of nitrogens with zero attached hydrogens (tertiary/aromatic N) is 1. The van der Waals surface area contributed by atoms with Gasteiger partial charge in [0.25, 0.3) is 5.91 Å². The molecule has 1 saturated heterocycles. The van der Waals surface area contributed by atoms with Gasteiger partial charge in [0.05, 0.1) is 17.2 Å². The number of rotatable bonds is 5. The second kappa shape index (κ2) is 9.00. The number of esters is 1. The first-order chi connectivity index (χ1) is 13.0. The number of ether oxygens (including phenoxy) is 1. The van der Waals surface area contributed by atoms with Gasteiger partial charge >= 0.3 is 5.97 Å². The zero-order valence-corrected chi connectivity index (χ0v) is 17.1. The first-order valence-electron chi connectivity index (χ1n) is 8.63. The van der Waals surface area contributed by atoms with E-state index < -0.39 is 12.0 Å². The van der Waals surface area contributed by atoms with Crippen LogP contribution in [0, 0.1) is 0 Å². The summed E-state index contributed by atoms with van der Waals surface area (Å²) in [6, 6.07) is 13.5. The minimum Gasteiger partial charge on any atom is -0.464 e. The molecule has 4 nitrogen and oxygen atoms in total. The van der Waals surface area contributed by atoms with Crippen LogP contribution < -0.4 is 0 Å². The molecule has 1 heterocycles. The van der Waals surface area contributed by atoms with E-state index in [4.69, 9.17) is 27.9 Å². The highest BCUT2D eigenvalue weighted by molar-refractivity contribution is 7.99. The largest absolute Gasteiger partial charge is 0.464 e. The number of carbonyl (C=O) groups excluding carboxylic acids is 2. The quantitative estimate of drug-likeness (QED) is 0.619. The minimum absolute atomic E-state index is 0.297. The van der Waals surface area contributed by atoms with Gasteiger partial charge in [0.1, 0.15) is 11.4 Å². The van der Waals surface area contributed by atoms with Gasteiger partial charge < -0.3 is 9.64 Å². The van der Waals surface area contributed by atoms with Crippen molar-refractivity contribution in [2.24, 2.45) is 0 Å². The van der Waals surface area contributed by atoms with Crippen molar-refractivity contribution in [1.29, 1.82) is 0 Å². The van der Waals surface area contributed by atoms with Gasteiger partial charge in [-0.15, -0.1) is 11.8 Å². The van der Waals surface area contributed by atoms with Crippen LogP contribution in [0.5, 0.6) is 0 Å². The van der Waals surface area contributed by atoms with Crippen LogP contribution in [-0.2, 0) is 9.53 Å². The summed E-state index contributed by atoms with van der Waals surface area (Å²) >= 11 is 13.9. The summed E-state index contributed by atoms with van der Waals surface area (Å²) in [6.45, 7) is 2.26. The van der Waals surface area contributed by atoms with Crippen LogP contribution in [0.1, 0.15) is 34.6 Å². The molecule has 1 fully saturated rings. The van der Waals surface area contributed by atoms with Gasteiger partial charge in [0, 0.05) is 10.8 Å². The summed E-state index contributed by atoms with van der Waals surface area (Å²) in [7, 11) is 0. The van der Waals surface area contributed by atoms with E-state index in [2.05, 4.69) is 0 Å². The Balaban J connectivity index is 1.98. The van der Waals surface area contributed by atoms with Crippen LogP contribution in [-0.4, -0.2) is 35.2 Å². The molecule has 3 rings (SSSR count). The van der Waals surface area contributed by atoms with E-state index in [0.29, 0.717) is 28.0 Å². The maximum atomic E-state index is 13.3. The molecule has 0 N–H and O–H groups in total. The van der Waals surface area contributed by atoms with E-state index in [9.17, 15) is 9.59 Å². The van der Waals surface area contributed by atoms with E-state index in [1.54, 1.807) is 35.2 Å². The molecule has 0 saturated carbocycles. The van der Waals surface area contributed by atoms with Crippen LogP contribution >= 0.6 is 35.0 Å². The highest BCUT2D eigenvalue weighted by atomic mass is 35.5. The van der Waals surface area contributed by atoms with Crippen LogP contribution in [0.4, 0.5) is 0 Å². The van der Waals surface area contributed by atoms with E-state index >= 15 is 0 Å². The molecule has 0 bridgehead atoms. The number of halogens is 2. The third-order valence-electron chi connectivity index (χ3n) is 4.19. The second-order valence-electron chi connectivity index (χ2n) is 6.12. The van der Waals surface area contributed by atoms with Crippen molar-refractivity contribution >= 4 is 46.8 Å². The molecule has 2 unspecified atom stereocenters. The van der Waals surface area contributed by atoms with Crippen molar-refractivity contribution in [3.8, 4) is 0 Å². The van der Waals surface area contributed by atoms with Gasteiger partial charge in [-0.05, 0) is 36.2 Å². The van der Waals surface area contributed by atoms with Gasteiger partial charge in [0.2, 0.25) is 0 Å². The smallest absolute Gasteiger partial charge is 0.329 e. The topological polar surface area (TPSA) is 46.6 Å². The Morgan fingerprint density at radius 3 is 2.67 bits per heavy atom. The van der Waals surface area contributed by atoms with Crippen LogP contribution in [0.2, 0.25) is 10.0 Å². The lowest BCUT2D eigenvalue weighted by atomic mass is 10.1. The third-order valence-corrected chi connectivity index (χ3v) is 6.08. The van der Waals surface area contributed by atoms with Crippen molar-refractivity contribution < 1.29 is 14.3 Å². The van der Waals surface area contributed by atoms with Gasteiger partial charge in [-0.2, -0.15) is 0 Å². The maximum Gasteiger partial charge on any atom is 0.329 e. The van der Waals surface area contributed by atoms with E-state index in [-0.39, 0.29) is 11.3 Å². The van der Waals surface area contributed by atoms with Crippen LogP contribution in [0.15, 0.2) is 48.5 Å². The van der Waals surface area contributed by atoms with Crippen molar-refractivity contribution in [3.63, 3.8) is 0 Å². The van der Waals surface area contributed by atoms with E-state index in [1.807, 2.05) is 25.1 Å². The highest BCUT2D eigenvalue weighted by Gasteiger charge is 2.43. The van der Waals surface area contributed by atoms with Gasteiger partial charge in [0.15, 0.2) is 0 Å². The molecule has 2 aromatic rings. The average molecular weight is 424 g/mol. The number of hydrogen-bond donors (Lipinski definition) is 0. The molecule has 1 aliphatic rings. The fourth-order valence-electron chi connectivity index (χ4n) is 2.93. The molecule has 0 spiro atoms. The highest BCUT2D eigenvalue weighted by Crippen LogP contribution is 2.43. The molecule has 0 aromatic heterocycles. The molecule has 2 atom stereocenters. The summed E-state index contributed by atoms with van der Waals surface area (Å²) in [4.78, 5) is 27.5. The van der Waals surface area contributed by atoms with Gasteiger partial charge in [-0.3, -0.25) is 4.79 Å². The number of amides is 1. The molecular weight excluding hydrogens is 405 g/mol. The lowest BCUT2D eigenvalue weighted by Crippen LogP contribution is -2.44. The van der Waals surface area contributed by atoms with E-state index in [1.165, 1.54) is 11.8 Å². The minimum atomic E-state index is -0.672. The summed E-state index contributed by atoms with van der Waals surface area (Å²) in [5.41, 5.74) is 1.22. The fraction of sp³-hybridized carbons (Fsp3) is 0.300. The second-order valence-corrected chi connectivity index (χ2v) is 8.07. The standard InChI is InChI=1S/C20H19Cl2NO3S/c1-2-10-26-20(25)17-12-27-19(13-6-5-7-14(21)11-13)23(17)18(24)15-8-3-4-9-16(15)22/h3-9,11,17,19H,2,10,12H2,1H3. The van der Waals surface area contributed by atoms with Crippen LogP contribution in [0.25, 0.3) is 0 Å². The number of thioether (sulfide) groups is 1. The Labute approximate surface area is 172 Å². The maximum absolute atomic E-state index is 13.3. The molecule has 0 radical (unpaired) electrons. The number of hydrogen-bond acceptors (Lipinski definition) is 4. The molecule has 1 amide bonds. The number of benzene rings is 2. The van der Waals surface area contributed by atoms with Gasteiger partial charge in [-0.25, -0.2) is 4.79 Å². The first-order valence-corrected chi connectivity index (χ1v) is 10.4. The zero-order valence-electron chi connectivity index (χ0n) is 14.7. The summed E-state index contributed by atoms with van der Waals surface area (Å²) in [6.07, 6.45) is 0.724. The van der Waals surface area contributed by atoms with Crippen LogP contribution in [0.3, 0.4) is 0 Å². The Morgan fingerprint density at radius 2 is 1.96 bits per heavy atom. The van der Waals surface area contributed by atoms with Gasteiger partial charge in [-0.1, -0.05) is 54.4 Å². The molecule has 142 valence electrons. The van der Waals surface area contributed by atoms with Crippen molar-refractivity contribution in [1.82, 2.24) is 4.90 Å². The summed E-state index contributed by atoms with van der Waals surface area (Å²) in [5.74, 6) is -0.237. The predicted octanol–water partition coefficient (Wildman–Crippen LogP) is 5.20. The Hall–Kier alpha value is -1.69. The van der Waals surface area contributed by atoms with Crippen molar-refractivity contribution in [2.75, 3.05) is 12.4 Å². The monoisotopic (exact) mass is 423 g/mol. The van der Waals surface area contributed by atoms with Crippen molar-refractivity contribution in [2.45, 2.75) is 24.8 Å². The molecule has 0 aliphatic carbocycles. The Kier molecular flexibility index (Phi) is 6.68. The summed E-state index contributed by atoms with van der Waals surface area (Å²) < 4.78 is 5.32.